The van der Waals surface area contributed by atoms with Crippen LogP contribution in [0.4, 0.5) is 17.1 Å². The molecule has 64 valence electrons. The van der Waals surface area contributed by atoms with E-state index >= 15 is 0 Å². The predicted molar refractivity (Wildman–Crippen MR) is 45.5 cm³/mol. The molecule has 0 amide bonds. The highest BCUT2D eigenvalue weighted by Crippen LogP contribution is 2.36. The Morgan fingerprint density at radius 2 is 2.08 bits per heavy atom. The molecule has 0 fully saturated rings. The average molecular weight is 166 g/mol. The molecule has 1 aromatic rings. The van der Waals surface area contributed by atoms with Gasteiger partial charge in [-0.1, -0.05) is 6.07 Å². The summed E-state index contributed by atoms with van der Waals surface area (Å²) in [5.41, 5.74) is 8.77. The third kappa shape index (κ3) is 0.797. The van der Waals surface area contributed by atoms with E-state index in [9.17, 15) is 10.4 Å². The molecule has 0 saturated carbocycles. The number of hydrogen-bond donors (Lipinski definition) is 2. The molecule has 0 unspecified atom stereocenters. The summed E-state index contributed by atoms with van der Waals surface area (Å²) in [7, 11) is 0. The van der Waals surface area contributed by atoms with Crippen molar-refractivity contribution in [3.63, 3.8) is 0 Å². The van der Waals surface area contributed by atoms with Crippen LogP contribution >= 0.6 is 0 Å². The molecule has 2 rings (SSSR count). The maximum absolute atomic E-state index is 11.0. The Hall–Kier alpha value is -1.50. The SMILES string of the molecule is Nc1cccc2c1NN([O-])N2[O-]. The van der Waals surface area contributed by atoms with Crippen LogP contribution in [0.1, 0.15) is 0 Å². The molecule has 6 nitrogen and oxygen atoms in total. The van der Waals surface area contributed by atoms with Crippen molar-refractivity contribution in [2.75, 3.05) is 16.3 Å². The largest absolute Gasteiger partial charge is 0.749 e. The Bertz CT molecular complexity index is 316. The van der Waals surface area contributed by atoms with Crippen LogP contribution in [0.25, 0.3) is 0 Å². The summed E-state index contributed by atoms with van der Waals surface area (Å²) in [4.78, 5) is 0. The molecule has 0 radical (unpaired) electrons. The van der Waals surface area contributed by atoms with Crippen molar-refractivity contribution in [2.45, 2.75) is 0 Å². The zero-order chi connectivity index (χ0) is 8.72. The van der Waals surface area contributed by atoms with E-state index in [1.807, 2.05) is 0 Å². The molecule has 0 aromatic heterocycles. The van der Waals surface area contributed by atoms with Gasteiger partial charge in [0.05, 0.1) is 17.1 Å². The van der Waals surface area contributed by atoms with E-state index in [-0.39, 0.29) is 16.1 Å². The summed E-state index contributed by atoms with van der Waals surface area (Å²) in [5.74, 6) is 0. The molecule has 0 atom stereocenters. The highest BCUT2D eigenvalue weighted by molar-refractivity contribution is 5.84. The second kappa shape index (κ2) is 2.24. The molecule has 0 spiro atoms. The molecule has 0 saturated heterocycles. The first-order valence-corrected chi connectivity index (χ1v) is 3.30. The third-order valence-electron chi connectivity index (χ3n) is 1.65. The van der Waals surface area contributed by atoms with Gasteiger partial charge < -0.3 is 26.7 Å². The summed E-state index contributed by atoms with van der Waals surface area (Å²) in [6, 6.07) is 4.74. The Labute approximate surface area is 68.3 Å². The molecule has 1 heterocycles. The lowest BCUT2D eigenvalue weighted by Gasteiger charge is -2.38. The van der Waals surface area contributed by atoms with Gasteiger partial charge in [-0.25, -0.2) is 5.28 Å². The van der Waals surface area contributed by atoms with E-state index in [1.54, 1.807) is 12.1 Å². The maximum atomic E-state index is 11.0. The number of para-hydroxylation sites is 1. The molecule has 1 aliphatic rings. The minimum Gasteiger partial charge on any atom is -0.749 e. The number of nitrogens with one attached hydrogen (secondary N) is 1. The molecule has 3 N–H and O–H groups in total. The summed E-state index contributed by atoms with van der Waals surface area (Å²) in [6.07, 6.45) is 0. The lowest BCUT2D eigenvalue weighted by atomic mass is 10.2. The molecule has 6 heteroatoms. The predicted octanol–water partition coefficient (Wildman–Crippen LogP) is 0.628. The lowest BCUT2D eigenvalue weighted by molar-refractivity contribution is 0.482. The Morgan fingerprint density at radius 3 is 2.75 bits per heavy atom. The number of nitrogens with zero attached hydrogens (tertiary/aromatic N) is 2. The first-order valence-electron chi connectivity index (χ1n) is 3.30. The third-order valence-corrected chi connectivity index (χ3v) is 1.65. The van der Waals surface area contributed by atoms with Gasteiger partial charge in [0.1, 0.15) is 0 Å². The van der Waals surface area contributed by atoms with Crippen molar-refractivity contribution in [1.29, 1.82) is 0 Å². The molecule has 0 bridgehead atoms. The zero-order valence-electron chi connectivity index (χ0n) is 6.02. The maximum Gasteiger partial charge on any atom is 0.0968 e. The van der Waals surface area contributed by atoms with Gasteiger partial charge >= 0.3 is 0 Å². The Morgan fingerprint density at radius 1 is 1.33 bits per heavy atom. The summed E-state index contributed by atoms with van der Waals surface area (Å²) >= 11 is 0. The van der Waals surface area contributed by atoms with Crippen molar-refractivity contribution in [2.24, 2.45) is 0 Å². The lowest BCUT2D eigenvalue weighted by Crippen LogP contribution is -2.31. The highest BCUT2D eigenvalue weighted by Gasteiger charge is 2.15. The number of hydrazine groups is 2. The summed E-state index contributed by atoms with van der Waals surface area (Å²) < 4.78 is 0. The Kier molecular flexibility index (Phi) is 1.34. The monoisotopic (exact) mass is 166 g/mol. The highest BCUT2D eigenvalue weighted by atomic mass is 16.7. The smallest absolute Gasteiger partial charge is 0.0968 e. The number of rotatable bonds is 0. The van der Waals surface area contributed by atoms with Gasteiger partial charge in [0.25, 0.3) is 0 Å². The van der Waals surface area contributed by atoms with Crippen molar-refractivity contribution < 1.29 is 0 Å². The van der Waals surface area contributed by atoms with E-state index in [0.29, 0.717) is 11.4 Å². The van der Waals surface area contributed by atoms with Gasteiger partial charge in [-0.15, -0.1) is 0 Å². The summed E-state index contributed by atoms with van der Waals surface area (Å²) in [6.45, 7) is 0. The van der Waals surface area contributed by atoms with E-state index in [4.69, 9.17) is 5.73 Å². The number of nitrogens with two attached hydrogens (primary N) is 1. The molecule has 0 aliphatic carbocycles. The fourth-order valence-electron chi connectivity index (χ4n) is 1.08. The van der Waals surface area contributed by atoms with Gasteiger partial charge in [-0.2, -0.15) is 0 Å². The standard InChI is InChI=1S/C6H6N4O2/c7-4-2-1-3-5-6(4)8-10(12)9(5)11/h1-3,8H,7H2/q-2. The van der Waals surface area contributed by atoms with Crippen molar-refractivity contribution >= 4 is 17.1 Å². The quantitative estimate of drug-likeness (QED) is 0.549. The van der Waals surface area contributed by atoms with Gasteiger partial charge in [0, 0.05) is 0 Å². The van der Waals surface area contributed by atoms with Crippen LogP contribution in [0.2, 0.25) is 0 Å². The zero-order valence-corrected chi connectivity index (χ0v) is 6.02. The van der Waals surface area contributed by atoms with Crippen molar-refractivity contribution in [3.05, 3.63) is 28.6 Å². The normalized spacial score (nSPS) is 16.0. The van der Waals surface area contributed by atoms with Crippen LogP contribution in [0.3, 0.4) is 0 Å². The second-order valence-electron chi connectivity index (χ2n) is 2.40. The molecule has 1 aromatic carbocycles. The minimum atomic E-state index is 0.0844. The molecular formula is C6H6N4O2-2. The number of benzene rings is 1. The average Bonchev–Trinajstić information content (AvgIpc) is 2.32. The topological polar surface area (TPSA) is 90.6 Å². The van der Waals surface area contributed by atoms with Crippen LogP contribution < -0.4 is 16.3 Å². The summed E-state index contributed by atoms with van der Waals surface area (Å²) in [5, 5.41) is 22.0. The van der Waals surface area contributed by atoms with Crippen molar-refractivity contribution in [3.8, 4) is 0 Å². The molecule has 12 heavy (non-hydrogen) atoms. The molecule has 1 aliphatic heterocycles. The fraction of sp³-hybridized carbons (Fsp3) is 0. The van der Waals surface area contributed by atoms with Gasteiger partial charge in [0.2, 0.25) is 0 Å². The van der Waals surface area contributed by atoms with E-state index in [0.717, 1.165) is 0 Å². The van der Waals surface area contributed by atoms with Crippen LogP contribution in [0, 0.1) is 10.4 Å². The fourth-order valence-corrected chi connectivity index (χ4v) is 1.08. The first-order chi connectivity index (χ1) is 5.70. The van der Waals surface area contributed by atoms with Crippen molar-refractivity contribution in [1.82, 2.24) is 5.28 Å². The van der Waals surface area contributed by atoms with E-state index in [1.165, 1.54) is 6.07 Å². The van der Waals surface area contributed by atoms with Gasteiger partial charge in [-0.05, 0) is 12.1 Å². The number of nitrogen functional groups attached to an aromatic ring is 1. The first kappa shape index (κ1) is 7.17. The van der Waals surface area contributed by atoms with Gasteiger partial charge in [-0.3, -0.25) is 0 Å². The van der Waals surface area contributed by atoms with Crippen LogP contribution in [-0.2, 0) is 0 Å². The number of fused-ring (bicyclic) bond motifs is 1. The van der Waals surface area contributed by atoms with Gasteiger partial charge in [0.15, 0.2) is 0 Å². The molecular weight excluding hydrogens is 160 g/mol. The Balaban J connectivity index is 2.53. The minimum absolute atomic E-state index is 0.0844. The van der Waals surface area contributed by atoms with E-state index < -0.39 is 0 Å². The number of anilines is 3. The van der Waals surface area contributed by atoms with Crippen LogP contribution in [0.15, 0.2) is 18.2 Å². The second-order valence-corrected chi connectivity index (χ2v) is 2.40. The number of hydrogen-bond acceptors (Lipinski definition) is 6. The van der Waals surface area contributed by atoms with Crippen LogP contribution in [-0.4, -0.2) is 5.28 Å². The van der Waals surface area contributed by atoms with Crippen LogP contribution in [0.5, 0.6) is 0 Å². The van der Waals surface area contributed by atoms with E-state index in [2.05, 4.69) is 5.43 Å².